The topological polar surface area (TPSA) is 45.4 Å². The normalized spacial score (nSPS) is 14.2. The Morgan fingerprint density at radius 3 is 2.58 bits per heavy atom. The van der Waals surface area contributed by atoms with E-state index in [1.54, 1.807) is 6.21 Å². The summed E-state index contributed by atoms with van der Waals surface area (Å²) < 4.78 is 5.22. The summed E-state index contributed by atoms with van der Waals surface area (Å²) in [6.07, 6.45) is 2.34. The van der Waals surface area contributed by atoms with Gasteiger partial charge in [0.15, 0.2) is 0 Å². The van der Waals surface area contributed by atoms with E-state index in [0.29, 0.717) is 6.42 Å². The summed E-state index contributed by atoms with van der Waals surface area (Å²) >= 11 is 0. The maximum absolute atomic E-state index is 8.45. The van der Waals surface area contributed by atoms with Gasteiger partial charge in [-0.3, -0.25) is 0 Å². The van der Waals surface area contributed by atoms with Gasteiger partial charge in [0.2, 0.25) is 0 Å². The molecule has 3 nitrogen and oxygen atoms in total. The molecule has 0 saturated carbocycles. The Morgan fingerprint density at radius 1 is 1.58 bits per heavy atom. The van der Waals surface area contributed by atoms with Gasteiger partial charge >= 0.3 is 0 Å². The molecule has 0 spiro atoms. The van der Waals surface area contributed by atoms with Crippen LogP contribution in [0.5, 0.6) is 0 Å². The monoisotopic (exact) mass is 184 g/mol. The Bertz CT molecular complexity index is 190. The summed E-state index contributed by atoms with van der Waals surface area (Å²) in [4.78, 5) is 0. The van der Waals surface area contributed by atoms with Gasteiger partial charge in [0, 0.05) is 18.6 Å². The molecular weight excluding hydrogens is 168 g/mol. The fourth-order valence-electron chi connectivity index (χ4n) is 0.449. The van der Waals surface area contributed by atoms with Crippen molar-refractivity contribution in [1.82, 2.24) is 0 Å². The van der Waals surface area contributed by atoms with Crippen molar-refractivity contribution < 1.29 is 4.53 Å². The molecule has 0 aromatic carbocycles. The van der Waals surface area contributed by atoms with E-state index in [1.807, 2.05) is 6.92 Å². The smallest absolute Gasteiger partial charge is 0.278 e. The molecule has 0 radical (unpaired) electrons. The molecule has 0 heterocycles. The van der Waals surface area contributed by atoms with Crippen molar-refractivity contribution in [1.29, 1.82) is 5.26 Å². The average Bonchev–Trinajstić information content (AvgIpc) is 1.96. The molecule has 0 aliphatic carbocycles. The van der Waals surface area contributed by atoms with Crippen LogP contribution in [0.1, 0.15) is 13.3 Å². The van der Waals surface area contributed by atoms with Gasteiger partial charge in [0.05, 0.1) is 6.07 Å². The minimum atomic E-state index is -1.52. The third-order valence-corrected chi connectivity index (χ3v) is 1.73. The fourth-order valence-corrected chi connectivity index (χ4v) is 0.840. The van der Waals surface area contributed by atoms with Gasteiger partial charge < -0.3 is 4.53 Å². The Labute approximate surface area is 75.2 Å². The Hall–Kier alpha value is -0.823. The van der Waals surface area contributed by atoms with Crippen molar-refractivity contribution >= 4 is 14.5 Å². The second kappa shape index (κ2) is 4.94. The molecule has 0 bridgehead atoms. The number of nitrogens with zero attached hydrogens (tertiary/aromatic N) is 2. The van der Waals surface area contributed by atoms with E-state index in [-0.39, 0.29) is 5.92 Å². The molecule has 0 N–H and O–H groups in total. The third-order valence-electron chi connectivity index (χ3n) is 1.08. The first kappa shape index (κ1) is 11.2. The SMILES string of the molecule is CC(C#N)C/C=N/O[Si](C)(C)C. The lowest BCUT2D eigenvalue weighted by Crippen LogP contribution is -2.22. The molecule has 0 aliphatic heterocycles. The van der Waals surface area contributed by atoms with Gasteiger partial charge in [-0.15, -0.1) is 5.16 Å². The summed E-state index contributed by atoms with van der Waals surface area (Å²) in [5, 5.41) is 12.3. The van der Waals surface area contributed by atoms with Gasteiger partial charge in [0.25, 0.3) is 8.32 Å². The van der Waals surface area contributed by atoms with Gasteiger partial charge in [-0.2, -0.15) is 5.26 Å². The third kappa shape index (κ3) is 7.29. The average molecular weight is 184 g/mol. The molecule has 0 fully saturated rings. The van der Waals surface area contributed by atoms with Crippen molar-refractivity contribution in [2.75, 3.05) is 0 Å². The predicted octanol–water partition coefficient (Wildman–Crippen LogP) is 2.37. The van der Waals surface area contributed by atoms with Crippen LogP contribution < -0.4 is 0 Å². The van der Waals surface area contributed by atoms with Crippen molar-refractivity contribution in [3.63, 3.8) is 0 Å². The summed E-state index contributed by atoms with van der Waals surface area (Å²) in [5.41, 5.74) is 0. The van der Waals surface area contributed by atoms with Crippen LogP contribution in [0.15, 0.2) is 5.16 Å². The molecule has 0 rings (SSSR count). The van der Waals surface area contributed by atoms with E-state index >= 15 is 0 Å². The quantitative estimate of drug-likeness (QED) is 0.382. The minimum absolute atomic E-state index is 0.0268. The lowest BCUT2D eigenvalue weighted by atomic mass is 10.1. The highest BCUT2D eigenvalue weighted by atomic mass is 28.4. The largest absolute Gasteiger partial charge is 0.456 e. The molecule has 0 amide bonds. The summed E-state index contributed by atoms with van der Waals surface area (Å²) in [7, 11) is -1.52. The predicted molar refractivity (Wildman–Crippen MR) is 52.3 cm³/mol. The van der Waals surface area contributed by atoms with Gasteiger partial charge in [-0.1, -0.05) is 0 Å². The van der Waals surface area contributed by atoms with Gasteiger partial charge in [-0.25, -0.2) is 0 Å². The van der Waals surface area contributed by atoms with Crippen LogP contribution in [-0.4, -0.2) is 14.5 Å². The summed E-state index contributed by atoms with van der Waals surface area (Å²) in [6.45, 7) is 8.06. The molecule has 68 valence electrons. The van der Waals surface area contributed by atoms with E-state index in [4.69, 9.17) is 9.79 Å². The molecule has 0 saturated heterocycles. The first-order valence-electron chi connectivity index (χ1n) is 4.05. The first-order valence-corrected chi connectivity index (χ1v) is 7.46. The molecule has 0 aromatic heterocycles. The van der Waals surface area contributed by atoms with Crippen molar-refractivity contribution in [2.24, 2.45) is 11.1 Å². The van der Waals surface area contributed by atoms with E-state index in [1.165, 1.54) is 0 Å². The first-order chi connectivity index (χ1) is 5.45. The van der Waals surface area contributed by atoms with Crippen LogP contribution in [0.2, 0.25) is 19.6 Å². The molecule has 1 unspecified atom stereocenters. The zero-order valence-electron chi connectivity index (χ0n) is 8.16. The Kier molecular flexibility index (Phi) is 4.60. The number of hydrogen-bond donors (Lipinski definition) is 0. The molecule has 0 aromatic rings. The van der Waals surface area contributed by atoms with Crippen molar-refractivity contribution in [3.8, 4) is 6.07 Å². The summed E-state index contributed by atoms with van der Waals surface area (Å²) in [5.74, 6) is 0.0268. The van der Waals surface area contributed by atoms with Crippen molar-refractivity contribution in [2.45, 2.75) is 33.0 Å². The van der Waals surface area contributed by atoms with E-state index < -0.39 is 8.32 Å². The molecule has 12 heavy (non-hydrogen) atoms. The van der Waals surface area contributed by atoms with Gasteiger partial charge in [-0.05, 0) is 26.6 Å². The zero-order valence-corrected chi connectivity index (χ0v) is 9.16. The highest BCUT2D eigenvalue weighted by molar-refractivity contribution is 6.69. The Balaban J connectivity index is 3.59. The van der Waals surface area contributed by atoms with Crippen LogP contribution in [0.3, 0.4) is 0 Å². The molecule has 0 aliphatic rings. The molecule has 1 atom stereocenters. The second-order valence-electron chi connectivity index (χ2n) is 3.76. The maximum atomic E-state index is 8.45. The van der Waals surface area contributed by atoms with Crippen LogP contribution in [0.4, 0.5) is 0 Å². The number of nitriles is 1. The van der Waals surface area contributed by atoms with E-state index in [0.717, 1.165) is 0 Å². The zero-order chi connectivity index (χ0) is 9.61. The van der Waals surface area contributed by atoms with Crippen LogP contribution >= 0.6 is 0 Å². The van der Waals surface area contributed by atoms with Gasteiger partial charge in [0.1, 0.15) is 0 Å². The summed E-state index contributed by atoms with van der Waals surface area (Å²) in [6, 6.07) is 2.13. The lowest BCUT2D eigenvalue weighted by Gasteiger charge is -2.11. The lowest BCUT2D eigenvalue weighted by molar-refractivity contribution is 0.336. The van der Waals surface area contributed by atoms with E-state index in [2.05, 4.69) is 30.9 Å². The van der Waals surface area contributed by atoms with Crippen LogP contribution in [-0.2, 0) is 4.53 Å². The fraction of sp³-hybridized carbons (Fsp3) is 0.750. The van der Waals surface area contributed by atoms with Crippen molar-refractivity contribution in [3.05, 3.63) is 0 Å². The highest BCUT2D eigenvalue weighted by Crippen LogP contribution is 2.03. The number of rotatable bonds is 4. The number of hydrogen-bond acceptors (Lipinski definition) is 3. The van der Waals surface area contributed by atoms with E-state index in [9.17, 15) is 0 Å². The Morgan fingerprint density at radius 2 is 2.17 bits per heavy atom. The number of oxime groups is 1. The standard InChI is InChI=1S/C8H16N2OSi/c1-8(7-9)5-6-10-11-12(2,3)4/h6,8H,5H2,1-4H3/b10-6+. The molecular formula is C8H16N2OSi. The van der Waals surface area contributed by atoms with Crippen LogP contribution in [0.25, 0.3) is 0 Å². The second-order valence-corrected chi connectivity index (χ2v) is 8.16. The highest BCUT2D eigenvalue weighted by Gasteiger charge is 2.15. The maximum Gasteiger partial charge on any atom is 0.278 e. The minimum Gasteiger partial charge on any atom is -0.456 e. The van der Waals surface area contributed by atoms with Crippen LogP contribution in [0, 0.1) is 17.2 Å². The molecule has 4 heteroatoms.